The van der Waals surface area contributed by atoms with Gasteiger partial charge < -0.3 is 4.90 Å². The van der Waals surface area contributed by atoms with E-state index >= 15 is 0 Å². The van der Waals surface area contributed by atoms with E-state index in [2.05, 4.69) is 14.9 Å². The van der Waals surface area contributed by atoms with E-state index in [4.69, 9.17) is 33.3 Å². The van der Waals surface area contributed by atoms with Crippen LogP contribution < -0.4 is 10.0 Å². The fourth-order valence-corrected chi connectivity index (χ4v) is 6.92. The van der Waals surface area contributed by atoms with Crippen LogP contribution in [0.15, 0.2) is 36.9 Å². The van der Waals surface area contributed by atoms with Gasteiger partial charge in [0.05, 0.1) is 36.7 Å². The highest BCUT2D eigenvalue weighted by Gasteiger charge is 2.47. The third-order valence-corrected chi connectivity index (χ3v) is 10.3. The first-order chi connectivity index (χ1) is 16.7. The third kappa shape index (κ3) is 4.57. The Kier molecular flexibility index (Phi) is 6.81. The van der Waals surface area contributed by atoms with E-state index in [0.29, 0.717) is 21.4 Å². The molecule has 2 fully saturated rings. The van der Waals surface area contributed by atoms with Crippen molar-refractivity contribution in [2.45, 2.75) is 57.1 Å². The van der Waals surface area contributed by atoms with Gasteiger partial charge in [-0.15, -0.1) is 0 Å². The van der Waals surface area contributed by atoms with Gasteiger partial charge in [0.15, 0.2) is 0 Å². The molecule has 2 atom stereocenters. The van der Waals surface area contributed by atoms with Crippen LogP contribution in [0.4, 0.5) is 5.82 Å². The van der Waals surface area contributed by atoms with E-state index in [-0.39, 0.29) is 4.75 Å². The summed E-state index contributed by atoms with van der Waals surface area (Å²) in [6.07, 6.45) is 12.0. The summed E-state index contributed by atoms with van der Waals surface area (Å²) in [5, 5.41) is 7.74. The molecule has 3 aromatic rings. The molecule has 9 heteroatoms. The lowest BCUT2D eigenvalue weighted by Crippen LogP contribution is -2.45. The molecule has 2 aromatic heterocycles. The van der Waals surface area contributed by atoms with Gasteiger partial charge in [0.1, 0.15) is 12.1 Å². The molecular formula is C26H31Cl2N5OS. The Balaban J connectivity index is 1.42. The van der Waals surface area contributed by atoms with Crippen LogP contribution in [0.3, 0.4) is 0 Å². The van der Waals surface area contributed by atoms with Crippen LogP contribution in [-0.4, -0.2) is 37.0 Å². The Bertz CT molecular complexity index is 1280. The number of aromatic nitrogens is 3. The second-order valence-corrected chi connectivity index (χ2v) is 13.1. The quantitative estimate of drug-likeness (QED) is 0.425. The summed E-state index contributed by atoms with van der Waals surface area (Å²) < 4.78 is 11.7. The van der Waals surface area contributed by atoms with Crippen molar-refractivity contribution in [3.05, 3.63) is 47.0 Å². The fraction of sp³-hybridized carbons (Fsp3) is 0.500. The van der Waals surface area contributed by atoms with Crippen molar-refractivity contribution in [3.63, 3.8) is 0 Å². The van der Waals surface area contributed by atoms with Gasteiger partial charge in [-0.3, -0.25) is 5.14 Å². The highest BCUT2D eigenvalue weighted by atomic mass is 35.5. The summed E-state index contributed by atoms with van der Waals surface area (Å²) in [5.74, 6) is 1.47. The largest absolute Gasteiger partial charge is 0.356 e. The predicted molar refractivity (Wildman–Crippen MR) is 145 cm³/mol. The first-order valence-corrected chi connectivity index (χ1v) is 14.1. The lowest BCUT2D eigenvalue weighted by molar-refractivity contribution is 0.134. The van der Waals surface area contributed by atoms with E-state index in [1.54, 1.807) is 12.4 Å². The van der Waals surface area contributed by atoms with Gasteiger partial charge in [-0.2, -0.15) is 0 Å². The number of pyridine rings is 1. The molecule has 1 saturated heterocycles. The van der Waals surface area contributed by atoms with Crippen LogP contribution >= 0.6 is 23.2 Å². The number of fused-ring (bicyclic) bond motifs is 1. The van der Waals surface area contributed by atoms with Crippen molar-refractivity contribution in [2.75, 3.05) is 18.0 Å². The molecule has 1 aromatic carbocycles. The summed E-state index contributed by atoms with van der Waals surface area (Å²) in [4.78, 5) is 16.2. The standard InChI is InChI=1S/C26H31Cl2N5OS/c1-25(2,35(29)34)13-17-5-4-8-26(17)9-11-33(12-10-26)24-20-14-30-16-32-23(20)19(15-31-24)18-6-3-7-21(27)22(18)28/h3,6-7,14-17H,4-5,8-13,29H2,1-2H3/t17-,35?/m1/s1. The van der Waals surface area contributed by atoms with Crippen molar-refractivity contribution in [1.82, 2.24) is 15.0 Å². The van der Waals surface area contributed by atoms with E-state index < -0.39 is 11.0 Å². The Hall–Kier alpha value is -1.80. The summed E-state index contributed by atoms with van der Waals surface area (Å²) in [6, 6.07) is 5.60. The first kappa shape index (κ1) is 24.9. The molecular weight excluding hydrogens is 501 g/mol. The number of piperidine rings is 1. The second-order valence-electron chi connectivity index (χ2n) is 10.6. The molecule has 0 bridgehead atoms. The molecule has 3 heterocycles. The first-order valence-electron chi connectivity index (χ1n) is 12.2. The predicted octanol–water partition coefficient (Wildman–Crippen LogP) is 6.18. The van der Waals surface area contributed by atoms with Gasteiger partial charge in [0, 0.05) is 36.6 Å². The zero-order chi connectivity index (χ0) is 24.8. The lowest BCUT2D eigenvalue weighted by atomic mass is 9.68. The molecule has 1 unspecified atom stereocenters. The highest BCUT2D eigenvalue weighted by molar-refractivity contribution is 7.84. The molecule has 2 aliphatic rings. The van der Waals surface area contributed by atoms with Crippen LogP contribution in [0.1, 0.15) is 52.4 Å². The fourth-order valence-electron chi connectivity index (χ4n) is 6.15. The molecule has 0 amide bonds. The number of halogens is 2. The lowest BCUT2D eigenvalue weighted by Gasteiger charge is -2.45. The minimum Gasteiger partial charge on any atom is -0.356 e. The minimum atomic E-state index is -1.32. The van der Waals surface area contributed by atoms with Crippen molar-refractivity contribution in [2.24, 2.45) is 16.5 Å². The van der Waals surface area contributed by atoms with Gasteiger partial charge in [0.2, 0.25) is 0 Å². The summed E-state index contributed by atoms with van der Waals surface area (Å²) >= 11 is 12.8. The van der Waals surface area contributed by atoms with Crippen LogP contribution in [0.5, 0.6) is 0 Å². The number of nitrogens with zero attached hydrogens (tertiary/aromatic N) is 4. The Morgan fingerprint density at radius 3 is 2.66 bits per heavy atom. The monoisotopic (exact) mass is 531 g/mol. The highest BCUT2D eigenvalue weighted by Crippen LogP contribution is 2.54. The van der Waals surface area contributed by atoms with E-state index in [1.165, 1.54) is 19.3 Å². The number of nitrogens with two attached hydrogens (primary N) is 1. The number of benzene rings is 1. The molecule has 1 saturated carbocycles. The van der Waals surface area contributed by atoms with Gasteiger partial charge in [-0.05, 0) is 63.4 Å². The van der Waals surface area contributed by atoms with Crippen LogP contribution in [0.2, 0.25) is 10.0 Å². The zero-order valence-electron chi connectivity index (χ0n) is 20.1. The molecule has 6 nitrogen and oxygen atoms in total. The van der Waals surface area contributed by atoms with Gasteiger partial charge >= 0.3 is 0 Å². The van der Waals surface area contributed by atoms with Gasteiger partial charge in [-0.25, -0.2) is 19.2 Å². The molecule has 186 valence electrons. The number of hydrogen-bond acceptors (Lipinski definition) is 5. The van der Waals surface area contributed by atoms with Crippen molar-refractivity contribution in [1.29, 1.82) is 0 Å². The maximum Gasteiger partial charge on any atom is 0.139 e. The average molecular weight is 533 g/mol. The summed E-state index contributed by atoms with van der Waals surface area (Å²) in [5.41, 5.74) is 2.78. The maximum absolute atomic E-state index is 12.1. The van der Waals surface area contributed by atoms with Crippen LogP contribution in [-0.2, 0) is 11.0 Å². The number of rotatable bonds is 5. The van der Waals surface area contributed by atoms with Crippen LogP contribution in [0.25, 0.3) is 22.0 Å². The topological polar surface area (TPSA) is 85.0 Å². The Morgan fingerprint density at radius 1 is 1.14 bits per heavy atom. The molecule has 35 heavy (non-hydrogen) atoms. The van der Waals surface area contributed by atoms with Crippen molar-refractivity contribution < 1.29 is 4.21 Å². The van der Waals surface area contributed by atoms with Crippen LogP contribution in [0, 0.1) is 11.3 Å². The normalized spacial score (nSPS) is 21.1. The van der Waals surface area contributed by atoms with Crippen molar-refractivity contribution >= 4 is 50.9 Å². The van der Waals surface area contributed by atoms with E-state index in [1.807, 2.05) is 38.4 Å². The maximum atomic E-state index is 12.1. The molecule has 1 aliphatic heterocycles. The Morgan fingerprint density at radius 2 is 1.91 bits per heavy atom. The molecule has 5 rings (SSSR count). The minimum absolute atomic E-state index is 0.299. The van der Waals surface area contributed by atoms with Gasteiger partial charge in [-0.1, -0.05) is 41.8 Å². The Labute approximate surface area is 219 Å². The molecule has 2 N–H and O–H groups in total. The van der Waals surface area contributed by atoms with E-state index in [0.717, 1.165) is 60.2 Å². The zero-order valence-corrected chi connectivity index (χ0v) is 22.5. The van der Waals surface area contributed by atoms with Crippen molar-refractivity contribution in [3.8, 4) is 11.1 Å². The molecule has 1 aliphatic carbocycles. The van der Waals surface area contributed by atoms with E-state index in [9.17, 15) is 4.21 Å². The SMILES string of the molecule is CC(C)(C[C@H]1CCCC12CCN(c1ncc(-c3cccc(Cl)c3Cl)c3ncncc13)CC2)S(N)=O. The molecule has 0 radical (unpaired) electrons. The second kappa shape index (κ2) is 9.58. The molecule has 1 spiro atoms. The summed E-state index contributed by atoms with van der Waals surface area (Å²) in [7, 11) is -1.32. The summed E-state index contributed by atoms with van der Waals surface area (Å²) in [6.45, 7) is 5.93. The third-order valence-electron chi connectivity index (χ3n) is 8.20. The smallest absolute Gasteiger partial charge is 0.139 e. The number of hydrogen-bond donors (Lipinski definition) is 1. The number of anilines is 1. The van der Waals surface area contributed by atoms with Gasteiger partial charge in [0.25, 0.3) is 0 Å². The average Bonchev–Trinajstić information content (AvgIpc) is 3.21.